The lowest BCUT2D eigenvalue weighted by Crippen LogP contribution is -2.09. The Balaban J connectivity index is 1.49. The summed E-state index contributed by atoms with van der Waals surface area (Å²) in [7, 11) is 4.96. The number of aryl methyl sites for hydroxylation is 1. The molecule has 1 aromatic heterocycles. The van der Waals surface area contributed by atoms with Gasteiger partial charge in [-0.25, -0.2) is 4.98 Å². The fourth-order valence-corrected chi connectivity index (χ4v) is 4.19. The molecule has 4 rings (SSSR count). The molecule has 4 aromatic rings. The number of allylic oxidation sites excluding steroid dienone is 1. The van der Waals surface area contributed by atoms with Crippen LogP contribution in [0.1, 0.15) is 30.3 Å². The second-order valence-electron chi connectivity index (χ2n) is 8.15. The monoisotopic (exact) mass is 472 g/mol. The van der Waals surface area contributed by atoms with Crippen molar-refractivity contribution in [2.75, 3.05) is 27.9 Å². The minimum absolute atomic E-state index is 0.571. The number of hydrogen-bond donors (Lipinski definition) is 0. The van der Waals surface area contributed by atoms with Gasteiger partial charge in [0.05, 0.1) is 39.0 Å². The smallest absolute Gasteiger partial charge is 0.161 e. The lowest BCUT2D eigenvalue weighted by Gasteiger charge is -2.13. The molecule has 3 aromatic carbocycles. The van der Waals surface area contributed by atoms with Crippen molar-refractivity contribution < 1.29 is 18.9 Å². The minimum Gasteiger partial charge on any atom is -0.493 e. The van der Waals surface area contributed by atoms with Crippen LogP contribution in [0.5, 0.6) is 23.0 Å². The molecule has 0 saturated heterocycles. The van der Waals surface area contributed by atoms with E-state index in [-0.39, 0.29) is 0 Å². The molecule has 0 aliphatic heterocycles. The number of rotatable bonds is 11. The van der Waals surface area contributed by atoms with Crippen molar-refractivity contribution in [2.24, 2.45) is 0 Å². The molecular weight excluding hydrogens is 440 g/mol. The van der Waals surface area contributed by atoms with Crippen LogP contribution in [0.3, 0.4) is 0 Å². The molecule has 0 N–H and O–H groups in total. The highest BCUT2D eigenvalue weighted by atomic mass is 16.5. The Labute approximate surface area is 206 Å². The topological polar surface area (TPSA) is 54.7 Å². The van der Waals surface area contributed by atoms with Crippen molar-refractivity contribution in [3.8, 4) is 23.0 Å². The van der Waals surface area contributed by atoms with Gasteiger partial charge in [-0.3, -0.25) is 0 Å². The van der Waals surface area contributed by atoms with Crippen LogP contribution in [0, 0.1) is 0 Å². The summed E-state index contributed by atoms with van der Waals surface area (Å²) in [6, 6.07) is 20.2. The first-order valence-corrected chi connectivity index (χ1v) is 11.8. The van der Waals surface area contributed by atoms with Crippen LogP contribution in [-0.4, -0.2) is 37.5 Å². The molecule has 0 atom stereocenters. The molecule has 0 fully saturated rings. The highest BCUT2D eigenvalue weighted by Gasteiger charge is 2.13. The Morgan fingerprint density at radius 1 is 0.829 bits per heavy atom. The number of imidazole rings is 1. The van der Waals surface area contributed by atoms with Crippen LogP contribution in [0.4, 0.5) is 0 Å². The first kappa shape index (κ1) is 24.2. The van der Waals surface area contributed by atoms with E-state index in [0.29, 0.717) is 13.0 Å². The van der Waals surface area contributed by atoms with Gasteiger partial charge in [-0.05, 0) is 60.9 Å². The molecule has 0 spiro atoms. The molecule has 0 radical (unpaired) electrons. The van der Waals surface area contributed by atoms with Gasteiger partial charge in [-0.2, -0.15) is 0 Å². The summed E-state index contributed by atoms with van der Waals surface area (Å²) in [4.78, 5) is 4.92. The average Bonchev–Trinajstić information content (AvgIpc) is 3.23. The number of methoxy groups -OCH3 is 3. The number of ether oxygens (including phenoxy) is 4. The third kappa shape index (κ3) is 5.60. The van der Waals surface area contributed by atoms with Crippen LogP contribution in [0.2, 0.25) is 0 Å². The molecular formula is C29H32N2O4. The summed E-state index contributed by atoms with van der Waals surface area (Å²) in [5, 5.41) is 0. The lowest BCUT2D eigenvalue weighted by atomic mass is 10.1. The number of benzene rings is 3. The van der Waals surface area contributed by atoms with Gasteiger partial charge in [-0.1, -0.05) is 36.4 Å². The first-order chi connectivity index (χ1) is 17.2. The van der Waals surface area contributed by atoms with Gasteiger partial charge in [0.25, 0.3) is 0 Å². The quantitative estimate of drug-likeness (QED) is 0.245. The van der Waals surface area contributed by atoms with Crippen LogP contribution in [0.15, 0.2) is 66.7 Å². The van der Waals surface area contributed by atoms with E-state index in [0.717, 1.165) is 63.9 Å². The minimum atomic E-state index is 0.571. The summed E-state index contributed by atoms with van der Waals surface area (Å²) in [5.41, 5.74) is 4.31. The van der Waals surface area contributed by atoms with Crippen LogP contribution >= 0.6 is 0 Å². The number of nitrogens with zero attached hydrogens (tertiary/aromatic N) is 2. The highest BCUT2D eigenvalue weighted by Crippen LogP contribution is 2.30. The largest absolute Gasteiger partial charge is 0.493 e. The van der Waals surface area contributed by atoms with E-state index in [2.05, 4.69) is 22.8 Å². The van der Waals surface area contributed by atoms with Gasteiger partial charge in [0.1, 0.15) is 5.82 Å². The third-order valence-electron chi connectivity index (χ3n) is 5.87. The molecule has 0 aliphatic rings. The van der Waals surface area contributed by atoms with E-state index in [9.17, 15) is 0 Å². The number of para-hydroxylation sites is 2. The van der Waals surface area contributed by atoms with E-state index in [1.807, 2.05) is 61.5 Å². The van der Waals surface area contributed by atoms with Crippen LogP contribution < -0.4 is 18.9 Å². The van der Waals surface area contributed by atoms with Crippen LogP contribution in [-0.2, 0) is 13.0 Å². The van der Waals surface area contributed by atoms with Crippen molar-refractivity contribution in [1.82, 2.24) is 9.55 Å². The van der Waals surface area contributed by atoms with Crippen LogP contribution in [0.25, 0.3) is 17.1 Å². The van der Waals surface area contributed by atoms with Crippen molar-refractivity contribution in [3.05, 3.63) is 83.7 Å². The molecule has 35 heavy (non-hydrogen) atoms. The first-order valence-electron chi connectivity index (χ1n) is 11.8. The van der Waals surface area contributed by atoms with Crippen molar-refractivity contribution in [1.29, 1.82) is 0 Å². The predicted molar refractivity (Wildman–Crippen MR) is 140 cm³/mol. The predicted octanol–water partition coefficient (Wildman–Crippen LogP) is 6.16. The van der Waals surface area contributed by atoms with E-state index in [4.69, 9.17) is 23.9 Å². The fourth-order valence-electron chi connectivity index (χ4n) is 4.19. The third-order valence-corrected chi connectivity index (χ3v) is 5.87. The second-order valence-corrected chi connectivity index (χ2v) is 8.15. The summed E-state index contributed by atoms with van der Waals surface area (Å²) >= 11 is 0. The van der Waals surface area contributed by atoms with Gasteiger partial charge >= 0.3 is 0 Å². The summed E-state index contributed by atoms with van der Waals surface area (Å²) < 4.78 is 24.7. The lowest BCUT2D eigenvalue weighted by molar-refractivity contribution is 0.282. The molecule has 6 heteroatoms. The van der Waals surface area contributed by atoms with Gasteiger partial charge < -0.3 is 23.5 Å². The standard InChI is InChI=1S/C29H32N2O4/c1-5-9-21-12-15-26(28(18-21)34-4)35-17-8-16-31-24-11-7-6-10-23(24)30-29(31)20-22-13-14-25(32-2)27(19-22)33-3/h5-7,9-15,18-19H,8,16-17,20H2,1-4H3/b9-5+. The van der Waals surface area contributed by atoms with Gasteiger partial charge in [0.2, 0.25) is 0 Å². The molecule has 6 nitrogen and oxygen atoms in total. The summed E-state index contributed by atoms with van der Waals surface area (Å²) in [5.74, 6) is 3.93. The molecule has 182 valence electrons. The van der Waals surface area contributed by atoms with Crippen molar-refractivity contribution in [3.63, 3.8) is 0 Å². The number of aromatic nitrogens is 2. The Kier molecular flexibility index (Phi) is 7.93. The molecule has 0 aliphatic carbocycles. The second kappa shape index (κ2) is 11.5. The Hall–Kier alpha value is -3.93. The van der Waals surface area contributed by atoms with E-state index < -0.39 is 0 Å². The zero-order valence-electron chi connectivity index (χ0n) is 20.8. The van der Waals surface area contributed by atoms with Gasteiger partial charge in [0, 0.05) is 13.0 Å². The maximum Gasteiger partial charge on any atom is 0.161 e. The van der Waals surface area contributed by atoms with Gasteiger partial charge in [-0.15, -0.1) is 0 Å². The van der Waals surface area contributed by atoms with Crippen molar-refractivity contribution >= 4 is 17.1 Å². The maximum atomic E-state index is 6.07. The molecule has 0 saturated carbocycles. The van der Waals surface area contributed by atoms with E-state index in [1.54, 1.807) is 21.3 Å². The molecule has 0 amide bonds. The SMILES string of the molecule is C/C=C/c1ccc(OCCCn2c(Cc3ccc(OC)c(OC)c3)nc3ccccc32)c(OC)c1. The van der Waals surface area contributed by atoms with E-state index >= 15 is 0 Å². The fraction of sp³-hybridized carbons (Fsp3) is 0.276. The molecule has 1 heterocycles. The number of hydrogen-bond acceptors (Lipinski definition) is 5. The number of fused-ring (bicyclic) bond motifs is 1. The highest BCUT2D eigenvalue weighted by molar-refractivity contribution is 5.76. The molecule has 0 bridgehead atoms. The Morgan fingerprint density at radius 3 is 2.34 bits per heavy atom. The van der Waals surface area contributed by atoms with Gasteiger partial charge in [0.15, 0.2) is 23.0 Å². The molecule has 0 unspecified atom stereocenters. The Morgan fingerprint density at radius 2 is 1.57 bits per heavy atom. The normalized spacial score (nSPS) is 11.2. The zero-order valence-corrected chi connectivity index (χ0v) is 20.8. The average molecular weight is 473 g/mol. The Bertz CT molecular complexity index is 1310. The zero-order chi connectivity index (χ0) is 24.6. The van der Waals surface area contributed by atoms with Crippen molar-refractivity contribution in [2.45, 2.75) is 26.3 Å². The summed E-state index contributed by atoms with van der Waals surface area (Å²) in [6.45, 7) is 3.36. The summed E-state index contributed by atoms with van der Waals surface area (Å²) in [6.07, 6.45) is 5.57. The van der Waals surface area contributed by atoms with E-state index in [1.165, 1.54) is 0 Å². The maximum absolute atomic E-state index is 6.07.